The van der Waals surface area contributed by atoms with Crippen molar-refractivity contribution in [1.82, 2.24) is 10.3 Å². The number of nitrogens with zero attached hydrogens (tertiary/aromatic N) is 2. The zero-order valence-corrected chi connectivity index (χ0v) is 16.1. The average Bonchev–Trinajstić information content (AvgIpc) is 3.22. The molecule has 1 saturated heterocycles. The summed E-state index contributed by atoms with van der Waals surface area (Å²) in [6, 6.07) is 11.8. The molecule has 3 rings (SSSR count). The van der Waals surface area contributed by atoms with Crippen molar-refractivity contribution in [2.75, 3.05) is 25.1 Å². The molecule has 0 aliphatic carbocycles. The number of thioether (sulfide) groups is 1. The smallest absolute Gasteiger partial charge is 0.233 e. The van der Waals surface area contributed by atoms with E-state index >= 15 is 0 Å². The fourth-order valence-corrected chi connectivity index (χ4v) is 3.79. The molecule has 1 N–H and O–H groups in total. The van der Waals surface area contributed by atoms with Crippen LogP contribution >= 0.6 is 11.8 Å². The highest BCUT2D eigenvalue weighted by atomic mass is 32.2. The Labute approximate surface area is 159 Å². The first-order valence-electron chi connectivity index (χ1n) is 8.94. The first-order chi connectivity index (χ1) is 12.7. The van der Waals surface area contributed by atoms with Crippen LogP contribution in [-0.4, -0.2) is 36.3 Å². The minimum Gasteiger partial charge on any atom is -0.497 e. The number of hydrogen-bond donors (Lipinski definition) is 1. The van der Waals surface area contributed by atoms with Crippen molar-refractivity contribution in [3.8, 4) is 5.75 Å². The molecule has 0 saturated carbocycles. The van der Waals surface area contributed by atoms with E-state index in [1.807, 2.05) is 49.5 Å². The zero-order chi connectivity index (χ0) is 18.4. The third-order valence-corrected chi connectivity index (χ3v) is 5.56. The van der Waals surface area contributed by atoms with Crippen LogP contribution in [0, 0.1) is 0 Å². The monoisotopic (exact) mass is 371 g/mol. The Morgan fingerprint density at radius 2 is 1.96 bits per heavy atom. The number of amides is 1. The maximum Gasteiger partial charge on any atom is 0.233 e. The van der Waals surface area contributed by atoms with Crippen molar-refractivity contribution in [2.45, 2.75) is 36.5 Å². The molecule has 0 spiro atoms. The second-order valence-corrected chi connectivity index (χ2v) is 7.79. The van der Waals surface area contributed by atoms with E-state index in [0.29, 0.717) is 6.54 Å². The summed E-state index contributed by atoms with van der Waals surface area (Å²) in [5.74, 6) is 1.87. The molecule has 1 fully saturated rings. The van der Waals surface area contributed by atoms with Gasteiger partial charge in [0, 0.05) is 30.7 Å². The number of benzene rings is 1. The van der Waals surface area contributed by atoms with Crippen LogP contribution in [0.2, 0.25) is 0 Å². The van der Waals surface area contributed by atoms with Crippen molar-refractivity contribution in [3.05, 3.63) is 48.2 Å². The molecule has 26 heavy (non-hydrogen) atoms. The van der Waals surface area contributed by atoms with Crippen LogP contribution in [-0.2, 0) is 11.3 Å². The van der Waals surface area contributed by atoms with Crippen molar-refractivity contribution in [1.29, 1.82) is 0 Å². The van der Waals surface area contributed by atoms with Crippen LogP contribution < -0.4 is 15.0 Å². The van der Waals surface area contributed by atoms with Crippen LogP contribution in [0.4, 0.5) is 5.82 Å². The summed E-state index contributed by atoms with van der Waals surface area (Å²) < 4.78 is 5.15. The van der Waals surface area contributed by atoms with E-state index in [9.17, 15) is 4.79 Å². The van der Waals surface area contributed by atoms with E-state index in [1.165, 1.54) is 24.6 Å². The standard InChI is InChI=1S/C20H25N3O2S/c1-15(26-18-8-6-17(25-2)7-9-18)20(24)22-14-16-5-10-19(21-13-16)23-11-3-4-12-23/h5-10,13,15H,3-4,11-12,14H2,1-2H3,(H,22,24). The fraction of sp³-hybridized carbons (Fsp3) is 0.400. The lowest BCUT2D eigenvalue weighted by Crippen LogP contribution is -2.30. The van der Waals surface area contributed by atoms with Crippen molar-refractivity contribution < 1.29 is 9.53 Å². The number of carbonyl (C=O) groups is 1. The van der Waals surface area contributed by atoms with E-state index < -0.39 is 0 Å². The van der Waals surface area contributed by atoms with Crippen molar-refractivity contribution >= 4 is 23.5 Å². The third-order valence-electron chi connectivity index (χ3n) is 4.45. The highest BCUT2D eigenvalue weighted by Crippen LogP contribution is 2.25. The molecule has 2 aromatic rings. The Morgan fingerprint density at radius 3 is 2.58 bits per heavy atom. The lowest BCUT2D eigenvalue weighted by Gasteiger charge is -2.16. The minimum absolute atomic E-state index is 0.0226. The molecule has 1 amide bonds. The average molecular weight is 372 g/mol. The molecule has 6 heteroatoms. The van der Waals surface area contributed by atoms with Crippen molar-refractivity contribution in [3.63, 3.8) is 0 Å². The van der Waals surface area contributed by atoms with Gasteiger partial charge in [-0.2, -0.15) is 0 Å². The number of methoxy groups -OCH3 is 1. The Morgan fingerprint density at radius 1 is 1.23 bits per heavy atom. The van der Waals surface area contributed by atoms with Gasteiger partial charge in [-0.05, 0) is 55.7 Å². The van der Waals surface area contributed by atoms with E-state index in [4.69, 9.17) is 4.74 Å². The highest BCUT2D eigenvalue weighted by molar-refractivity contribution is 8.00. The number of hydrogen-bond acceptors (Lipinski definition) is 5. The van der Waals surface area contributed by atoms with Gasteiger partial charge in [0.1, 0.15) is 11.6 Å². The van der Waals surface area contributed by atoms with Gasteiger partial charge in [0.25, 0.3) is 0 Å². The van der Waals surface area contributed by atoms with E-state index in [2.05, 4.69) is 15.2 Å². The van der Waals surface area contributed by atoms with E-state index in [0.717, 1.165) is 35.1 Å². The van der Waals surface area contributed by atoms with E-state index in [-0.39, 0.29) is 11.2 Å². The normalized spacial score (nSPS) is 14.9. The summed E-state index contributed by atoms with van der Waals surface area (Å²) in [7, 11) is 1.64. The van der Waals surface area contributed by atoms with Gasteiger partial charge in [0.05, 0.1) is 12.4 Å². The highest BCUT2D eigenvalue weighted by Gasteiger charge is 2.15. The lowest BCUT2D eigenvalue weighted by atomic mass is 10.2. The number of anilines is 1. The maximum atomic E-state index is 12.3. The number of rotatable bonds is 7. The number of nitrogens with one attached hydrogen (secondary N) is 1. The molecule has 1 atom stereocenters. The first kappa shape index (κ1) is 18.6. The second-order valence-electron chi connectivity index (χ2n) is 6.37. The topological polar surface area (TPSA) is 54.5 Å². The van der Waals surface area contributed by atoms with Crippen LogP contribution in [0.3, 0.4) is 0 Å². The summed E-state index contributed by atoms with van der Waals surface area (Å²) in [5, 5.41) is 2.83. The molecular weight excluding hydrogens is 346 g/mol. The van der Waals surface area contributed by atoms with Gasteiger partial charge >= 0.3 is 0 Å². The predicted octanol–water partition coefficient (Wildman–Crippen LogP) is 3.49. The third kappa shape index (κ3) is 4.91. The van der Waals surface area contributed by atoms with Crippen molar-refractivity contribution in [2.24, 2.45) is 0 Å². The van der Waals surface area contributed by atoms with Gasteiger partial charge in [0.2, 0.25) is 5.91 Å². The first-order valence-corrected chi connectivity index (χ1v) is 9.82. The minimum atomic E-state index is -0.166. The van der Waals surface area contributed by atoms with Gasteiger partial charge in [-0.25, -0.2) is 4.98 Å². The molecule has 138 valence electrons. The molecule has 1 unspecified atom stereocenters. The SMILES string of the molecule is COc1ccc(SC(C)C(=O)NCc2ccc(N3CCCC3)nc2)cc1. The van der Waals surface area contributed by atoms with Gasteiger partial charge in [-0.1, -0.05) is 6.07 Å². The molecule has 1 aromatic heterocycles. The Hall–Kier alpha value is -2.21. The van der Waals surface area contributed by atoms with Crippen LogP contribution in [0.15, 0.2) is 47.5 Å². The summed E-state index contributed by atoms with van der Waals surface area (Å²) in [6.07, 6.45) is 4.34. The summed E-state index contributed by atoms with van der Waals surface area (Å²) in [5.41, 5.74) is 1.02. The molecule has 2 heterocycles. The maximum absolute atomic E-state index is 12.3. The summed E-state index contributed by atoms with van der Waals surface area (Å²) >= 11 is 1.54. The molecular formula is C20H25N3O2S. The molecule has 0 radical (unpaired) electrons. The molecule has 5 nitrogen and oxygen atoms in total. The molecule has 1 aliphatic heterocycles. The molecule has 1 aromatic carbocycles. The fourth-order valence-electron chi connectivity index (χ4n) is 2.90. The summed E-state index contributed by atoms with van der Waals surface area (Å²) in [6.45, 7) is 4.59. The Balaban J connectivity index is 1.47. The Bertz CT molecular complexity index is 713. The zero-order valence-electron chi connectivity index (χ0n) is 15.3. The Kier molecular flexibility index (Phi) is 6.39. The number of pyridine rings is 1. The van der Waals surface area contributed by atoms with Crippen LogP contribution in [0.5, 0.6) is 5.75 Å². The number of carbonyl (C=O) groups excluding carboxylic acids is 1. The van der Waals surface area contributed by atoms with Gasteiger partial charge < -0.3 is 15.0 Å². The van der Waals surface area contributed by atoms with Gasteiger partial charge in [-0.3, -0.25) is 4.79 Å². The predicted molar refractivity (Wildman–Crippen MR) is 106 cm³/mol. The van der Waals surface area contributed by atoms with Crippen LogP contribution in [0.1, 0.15) is 25.3 Å². The van der Waals surface area contributed by atoms with E-state index in [1.54, 1.807) is 7.11 Å². The van der Waals surface area contributed by atoms with Gasteiger partial charge in [0.15, 0.2) is 0 Å². The van der Waals surface area contributed by atoms with Crippen LogP contribution in [0.25, 0.3) is 0 Å². The largest absolute Gasteiger partial charge is 0.497 e. The second kappa shape index (κ2) is 8.94. The number of ether oxygens (including phenoxy) is 1. The summed E-state index contributed by atoms with van der Waals surface area (Å²) in [4.78, 5) is 20.2. The van der Waals surface area contributed by atoms with Gasteiger partial charge in [-0.15, -0.1) is 11.8 Å². The quantitative estimate of drug-likeness (QED) is 0.755. The molecule has 0 bridgehead atoms. The lowest BCUT2D eigenvalue weighted by molar-refractivity contribution is -0.120. The molecule has 1 aliphatic rings. The number of aromatic nitrogens is 1.